The van der Waals surface area contributed by atoms with Crippen LogP contribution in [0.15, 0.2) is 76.9 Å². The molecule has 1 aliphatic rings. The molecule has 2 rings (SSSR count). The van der Waals surface area contributed by atoms with Crippen molar-refractivity contribution in [1.82, 2.24) is 0 Å². The third-order valence-corrected chi connectivity index (χ3v) is 6.01. The molecular weight excluding hydrogens is 396 g/mol. The first-order valence-electron chi connectivity index (χ1n) is 11.5. The van der Waals surface area contributed by atoms with E-state index in [1.165, 1.54) is 41.6 Å². The zero-order valence-corrected chi connectivity index (χ0v) is 21.0. The van der Waals surface area contributed by atoms with E-state index in [9.17, 15) is 0 Å². The van der Waals surface area contributed by atoms with Crippen molar-refractivity contribution >= 4 is 0 Å². The second-order valence-corrected chi connectivity index (χ2v) is 9.19. The standard InChI is InChI=1S/C29H40O3/c1-22(13-15-26-24(3)12-9-18-29(26,4)5)10-8-11-23(2)17-19-32-21-25-14-16-27(30-6)28(20-25)31-7/h8,10-11,13-17,20H,9,12,18-19,21H2,1-7H3/b11-8+,15-13+,22-10+,23-17+. The van der Waals surface area contributed by atoms with Crippen molar-refractivity contribution in [3.63, 3.8) is 0 Å². The molecule has 1 aromatic carbocycles. The van der Waals surface area contributed by atoms with Crippen LogP contribution in [0.5, 0.6) is 11.5 Å². The number of benzene rings is 1. The summed E-state index contributed by atoms with van der Waals surface area (Å²) in [5.41, 5.74) is 6.81. The van der Waals surface area contributed by atoms with E-state index < -0.39 is 0 Å². The van der Waals surface area contributed by atoms with Crippen LogP contribution < -0.4 is 9.47 Å². The van der Waals surface area contributed by atoms with Gasteiger partial charge in [-0.25, -0.2) is 0 Å². The van der Waals surface area contributed by atoms with Gasteiger partial charge in [-0.05, 0) is 68.7 Å². The summed E-state index contributed by atoms with van der Waals surface area (Å²) >= 11 is 0. The summed E-state index contributed by atoms with van der Waals surface area (Å²) in [5, 5.41) is 0. The predicted octanol–water partition coefficient (Wildman–Crippen LogP) is 7.75. The van der Waals surface area contributed by atoms with Crippen molar-refractivity contribution < 1.29 is 14.2 Å². The first kappa shape index (κ1) is 25.7. The summed E-state index contributed by atoms with van der Waals surface area (Å²) in [6.45, 7) is 12.3. The van der Waals surface area contributed by atoms with Crippen LogP contribution in [-0.2, 0) is 11.3 Å². The first-order valence-corrected chi connectivity index (χ1v) is 11.5. The van der Waals surface area contributed by atoms with Gasteiger partial charge in [0.1, 0.15) is 0 Å². The molecule has 0 heterocycles. The second kappa shape index (κ2) is 12.5. The maximum absolute atomic E-state index is 5.79. The minimum atomic E-state index is 0.283. The molecule has 0 radical (unpaired) electrons. The molecule has 0 saturated carbocycles. The number of allylic oxidation sites excluding steroid dienone is 9. The molecule has 0 N–H and O–H groups in total. The molecule has 0 amide bonds. The highest BCUT2D eigenvalue weighted by atomic mass is 16.5. The molecule has 0 aromatic heterocycles. The van der Waals surface area contributed by atoms with Gasteiger partial charge in [-0.1, -0.05) is 73.1 Å². The van der Waals surface area contributed by atoms with Gasteiger partial charge in [0.05, 0.1) is 27.4 Å². The van der Waals surface area contributed by atoms with E-state index >= 15 is 0 Å². The van der Waals surface area contributed by atoms with Crippen molar-refractivity contribution in [1.29, 1.82) is 0 Å². The Balaban J connectivity index is 1.84. The molecule has 3 nitrogen and oxygen atoms in total. The Morgan fingerprint density at radius 2 is 1.78 bits per heavy atom. The summed E-state index contributed by atoms with van der Waals surface area (Å²) in [4.78, 5) is 0. The van der Waals surface area contributed by atoms with Gasteiger partial charge in [0, 0.05) is 0 Å². The van der Waals surface area contributed by atoms with Crippen LogP contribution in [0.2, 0.25) is 0 Å². The van der Waals surface area contributed by atoms with Crippen molar-refractivity contribution in [2.45, 2.75) is 60.5 Å². The smallest absolute Gasteiger partial charge is 0.161 e. The summed E-state index contributed by atoms with van der Waals surface area (Å²) in [6.07, 6.45) is 16.8. The Bertz CT molecular complexity index is 910. The molecule has 0 unspecified atom stereocenters. The van der Waals surface area contributed by atoms with Crippen molar-refractivity contribution in [2.75, 3.05) is 20.8 Å². The lowest BCUT2D eigenvalue weighted by molar-refractivity contribution is 0.148. The van der Waals surface area contributed by atoms with Gasteiger partial charge in [-0.3, -0.25) is 0 Å². The molecule has 174 valence electrons. The van der Waals surface area contributed by atoms with Crippen molar-refractivity contribution in [3.8, 4) is 11.5 Å². The van der Waals surface area contributed by atoms with E-state index in [1.54, 1.807) is 14.2 Å². The van der Waals surface area contributed by atoms with E-state index in [4.69, 9.17) is 14.2 Å². The molecule has 0 aliphatic heterocycles. The Morgan fingerprint density at radius 1 is 1.03 bits per heavy atom. The van der Waals surface area contributed by atoms with Crippen LogP contribution in [0, 0.1) is 5.41 Å². The van der Waals surface area contributed by atoms with Gasteiger partial charge < -0.3 is 14.2 Å². The van der Waals surface area contributed by atoms with Crippen LogP contribution in [0.1, 0.15) is 59.4 Å². The fourth-order valence-electron chi connectivity index (χ4n) is 4.04. The predicted molar refractivity (Wildman–Crippen MR) is 135 cm³/mol. The Morgan fingerprint density at radius 3 is 2.47 bits per heavy atom. The third-order valence-electron chi connectivity index (χ3n) is 6.01. The molecule has 1 aromatic rings. The van der Waals surface area contributed by atoms with E-state index in [-0.39, 0.29) is 5.41 Å². The van der Waals surface area contributed by atoms with Crippen molar-refractivity contribution in [2.24, 2.45) is 5.41 Å². The maximum Gasteiger partial charge on any atom is 0.161 e. The molecule has 0 fully saturated rings. The van der Waals surface area contributed by atoms with Crippen LogP contribution >= 0.6 is 0 Å². The lowest BCUT2D eigenvalue weighted by atomic mass is 9.72. The molecule has 3 heteroatoms. The highest BCUT2D eigenvalue weighted by Gasteiger charge is 2.26. The number of ether oxygens (including phenoxy) is 3. The average molecular weight is 437 g/mol. The minimum absolute atomic E-state index is 0.283. The van der Waals surface area contributed by atoms with E-state index in [0.29, 0.717) is 13.2 Å². The Hall–Kier alpha value is -2.52. The summed E-state index contributed by atoms with van der Waals surface area (Å²) in [7, 11) is 3.28. The van der Waals surface area contributed by atoms with E-state index in [1.807, 2.05) is 18.2 Å². The molecule has 32 heavy (non-hydrogen) atoms. The van der Waals surface area contributed by atoms with Crippen LogP contribution in [0.3, 0.4) is 0 Å². The quantitative estimate of drug-likeness (QED) is 0.277. The lowest BCUT2D eigenvalue weighted by Crippen LogP contribution is -2.19. The van der Waals surface area contributed by atoms with Gasteiger partial charge in [-0.2, -0.15) is 0 Å². The number of hydrogen-bond acceptors (Lipinski definition) is 3. The number of rotatable bonds is 10. The molecule has 0 saturated heterocycles. The van der Waals surface area contributed by atoms with Gasteiger partial charge in [-0.15, -0.1) is 0 Å². The molecule has 0 atom stereocenters. The number of hydrogen-bond donors (Lipinski definition) is 0. The average Bonchev–Trinajstić information content (AvgIpc) is 2.75. The van der Waals surface area contributed by atoms with E-state index in [0.717, 1.165) is 17.1 Å². The molecule has 0 bridgehead atoms. The van der Waals surface area contributed by atoms with Crippen LogP contribution in [-0.4, -0.2) is 20.8 Å². The normalized spacial score (nSPS) is 17.5. The summed E-state index contributed by atoms with van der Waals surface area (Å²) in [5.74, 6) is 1.45. The van der Waals surface area contributed by atoms with Gasteiger partial charge in [0.15, 0.2) is 11.5 Å². The fraction of sp³-hybridized carbons (Fsp3) is 0.448. The second-order valence-electron chi connectivity index (χ2n) is 9.19. The zero-order valence-electron chi connectivity index (χ0n) is 21.0. The number of methoxy groups -OCH3 is 2. The summed E-state index contributed by atoms with van der Waals surface area (Å²) in [6, 6.07) is 5.84. The highest BCUT2D eigenvalue weighted by molar-refractivity contribution is 5.42. The topological polar surface area (TPSA) is 27.7 Å². The van der Waals surface area contributed by atoms with Gasteiger partial charge in [0.2, 0.25) is 0 Å². The largest absolute Gasteiger partial charge is 0.493 e. The maximum atomic E-state index is 5.79. The SMILES string of the molecule is COc1ccc(COC/C=C(C)/C=C/C=C(C)/C=C/C2=C(C)CCCC2(C)C)cc1OC. The lowest BCUT2D eigenvalue weighted by Gasteiger charge is -2.32. The molecular formula is C29H40O3. The fourth-order valence-corrected chi connectivity index (χ4v) is 4.04. The minimum Gasteiger partial charge on any atom is -0.493 e. The highest BCUT2D eigenvalue weighted by Crippen LogP contribution is 2.40. The monoisotopic (exact) mass is 436 g/mol. The Kier molecular flexibility index (Phi) is 10.1. The van der Waals surface area contributed by atoms with Gasteiger partial charge in [0.25, 0.3) is 0 Å². The molecule has 0 spiro atoms. The van der Waals surface area contributed by atoms with E-state index in [2.05, 4.69) is 71.1 Å². The summed E-state index contributed by atoms with van der Waals surface area (Å²) < 4.78 is 16.4. The first-order chi connectivity index (χ1) is 15.3. The molecule has 1 aliphatic carbocycles. The van der Waals surface area contributed by atoms with Gasteiger partial charge >= 0.3 is 0 Å². The third kappa shape index (κ3) is 7.87. The van der Waals surface area contributed by atoms with Crippen molar-refractivity contribution in [3.05, 3.63) is 82.5 Å². The van der Waals surface area contributed by atoms with Crippen LogP contribution in [0.25, 0.3) is 0 Å². The Labute approximate surface area is 195 Å². The van der Waals surface area contributed by atoms with Crippen LogP contribution in [0.4, 0.5) is 0 Å². The zero-order chi connectivity index (χ0) is 23.6.